The smallest absolute Gasteiger partial charge is 0.277 e. The van der Waals surface area contributed by atoms with Gasteiger partial charge in [-0.05, 0) is 36.5 Å². The van der Waals surface area contributed by atoms with Crippen LogP contribution in [-0.4, -0.2) is 24.6 Å². The maximum atomic E-state index is 14.4. The third-order valence-corrected chi connectivity index (χ3v) is 6.29. The van der Waals surface area contributed by atoms with Gasteiger partial charge < -0.3 is 4.57 Å². The van der Waals surface area contributed by atoms with Gasteiger partial charge in [-0.2, -0.15) is 9.61 Å². The number of hydrogen-bond donors (Lipinski definition) is 1. The minimum absolute atomic E-state index is 0.0314. The zero-order valence-electron chi connectivity index (χ0n) is 16.1. The van der Waals surface area contributed by atoms with Gasteiger partial charge in [0.15, 0.2) is 0 Å². The molecule has 2 aromatic heterocycles. The van der Waals surface area contributed by atoms with Gasteiger partial charge in [-0.3, -0.25) is 4.79 Å². The van der Waals surface area contributed by atoms with Crippen LogP contribution in [0.2, 0.25) is 0 Å². The first-order chi connectivity index (χ1) is 13.1. The fourth-order valence-corrected chi connectivity index (χ4v) is 4.17. The van der Waals surface area contributed by atoms with Crippen molar-refractivity contribution in [3.05, 3.63) is 63.5 Å². The topological polar surface area (TPSA) is 80.2 Å². The van der Waals surface area contributed by atoms with E-state index < -0.39 is 15.5 Å². The van der Waals surface area contributed by atoms with Crippen molar-refractivity contribution in [2.75, 3.05) is 6.26 Å². The minimum Gasteiger partial charge on any atom is -0.328 e. The quantitative estimate of drug-likeness (QED) is 0.706. The van der Waals surface area contributed by atoms with Crippen LogP contribution in [0.25, 0.3) is 5.65 Å². The van der Waals surface area contributed by atoms with Gasteiger partial charge >= 0.3 is 0 Å². The number of nitrogens with zero attached hydrogens (tertiary/aromatic N) is 3. The van der Waals surface area contributed by atoms with Gasteiger partial charge in [0.05, 0.1) is 20.3 Å². The predicted octanol–water partition coefficient (Wildman–Crippen LogP) is 3.72. The Kier molecular flexibility index (Phi) is 4.41. The van der Waals surface area contributed by atoms with E-state index in [1.54, 1.807) is 6.07 Å². The van der Waals surface area contributed by atoms with Crippen LogP contribution < -0.4 is 5.56 Å². The molecule has 0 bridgehead atoms. The molecule has 6 nitrogen and oxygen atoms in total. The lowest BCUT2D eigenvalue weighted by molar-refractivity contribution is 0.590. The minimum atomic E-state index is -3.12. The molecule has 0 radical (unpaired) electrons. The molecular formula is C20H23FN4O2S. The molecule has 1 N–H and O–H groups in total. The highest BCUT2D eigenvalue weighted by molar-refractivity contribution is 7.91. The Hall–Kier alpha value is -2.48. The van der Waals surface area contributed by atoms with Crippen LogP contribution in [-0.2, 0) is 16.3 Å². The molecule has 1 atom stereocenters. The Labute approximate surface area is 163 Å². The molecule has 0 amide bonds. The molecular weight excluding hydrogens is 379 g/mol. The van der Waals surface area contributed by atoms with Crippen LogP contribution in [0, 0.1) is 10.6 Å². The van der Waals surface area contributed by atoms with Gasteiger partial charge in [0.1, 0.15) is 11.5 Å². The lowest BCUT2D eigenvalue weighted by Crippen LogP contribution is -2.24. The molecule has 1 saturated carbocycles. The lowest BCUT2D eigenvalue weighted by atomic mass is 10.1. The second-order valence-corrected chi connectivity index (χ2v) is 10.0. The predicted molar refractivity (Wildman–Crippen MR) is 106 cm³/mol. The standard InChI is InChI=1S/C20H23FN4O2S/c1-12(2)15-11-24(10-13-4-7-18(16(21)8-13)28(3,22)27)19-9-17(14-5-6-14)23-25(19)20(15)26/h4,7-9,11-12,14,22H,5-6,10H2,1-3H3/t28-/m1/s1. The number of halogens is 1. The summed E-state index contributed by atoms with van der Waals surface area (Å²) in [6.07, 6.45) is 5.20. The Bertz CT molecular complexity index is 1240. The number of aromatic nitrogens is 3. The van der Waals surface area contributed by atoms with Gasteiger partial charge in [-0.25, -0.2) is 13.4 Å². The molecule has 8 heteroatoms. The number of hydrogen-bond acceptors (Lipinski definition) is 4. The third kappa shape index (κ3) is 3.37. The molecule has 2 heterocycles. The zero-order valence-corrected chi connectivity index (χ0v) is 16.9. The van der Waals surface area contributed by atoms with Crippen LogP contribution >= 0.6 is 0 Å². The van der Waals surface area contributed by atoms with E-state index in [2.05, 4.69) is 5.10 Å². The second kappa shape index (κ2) is 6.55. The third-order valence-electron chi connectivity index (χ3n) is 5.12. The molecule has 1 fully saturated rings. The second-order valence-electron chi connectivity index (χ2n) is 7.89. The van der Waals surface area contributed by atoms with E-state index in [1.165, 1.54) is 22.9 Å². The number of rotatable bonds is 5. The molecule has 0 spiro atoms. The van der Waals surface area contributed by atoms with E-state index in [9.17, 15) is 13.4 Å². The maximum absolute atomic E-state index is 14.4. The van der Waals surface area contributed by atoms with Crippen molar-refractivity contribution in [3.8, 4) is 0 Å². The number of nitrogens with one attached hydrogen (secondary N) is 1. The maximum Gasteiger partial charge on any atom is 0.277 e. The van der Waals surface area contributed by atoms with Crippen molar-refractivity contribution >= 4 is 15.4 Å². The van der Waals surface area contributed by atoms with Gasteiger partial charge in [0.2, 0.25) is 0 Å². The van der Waals surface area contributed by atoms with Crippen molar-refractivity contribution in [1.29, 1.82) is 4.78 Å². The van der Waals surface area contributed by atoms with Crippen LogP contribution in [0.1, 0.15) is 55.3 Å². The summed E-state index contributed by atoms with van der Waals surface area (Å²) < 4.78 is 37.2. The van der Waals surface area contributed by atoms with E-state index in [1.807, 2.05) is 30.7 Å². The highest BCUT2D eigenvalue weighted by Gasteiger charge is 2.27. The summed E-state index contributed by atoms with van der Waals surface area (Å²) in [5.41, 5.74) is 2.81. The van der Waals surface area contributed by atoms with Crippen LogP contribution in [0.4, 0.5) is 4.39 Å². The largest absolute Gasteiger partial charge is 0.328 e. The molecule has 148 valence electrons. The summed E-state index contributed by atoms with van der Waals surface area (Å²) in [6, 6.07) is 6.35. The number of fused-ring (bicyclic) bond motifs is 1. The van der Waals surface area contributed by atoms with E-state index in [4.69, 9.17) is 4.78 Å². The van der Waals surface area contributed by atoms with Crippen LogP contribution in [0.3, 0.4) is 0 Å². The average molecular weight is 402 g/mol. The normalized spacial score (nSPS) is 16.6. The van der Waals surface area contributed by atoms with Crippen molar-refractivity contribution in [1.82, 2.24) is 14.2 Å². The molecule has 0 aliphatic heterocycles. The molecule has 1 aromatic carbocycles. The van der Waals surface area contributed by atoms with Crippen LogP contribution in [0.15, 0.2) is 40.2 Å². The van der Waals surface area contributed by atoms with Gasteiger partial charge in [0.25, 0.3) is 5.56 Å². The van der Waals surface area contributed by atoms with Gasteiger partial charge in [-0.1, -0.05) is 19.9 Å². The molecule has 4 rings (SSSR count). The summed E-state index contributed by atoms with van der Waals surface area (Å²) >= 11 is 0. The highest BCUT2D eigenvalue weighted by atomic mass is 32.2. The molecule has 1 aliphatic rings. The summed E-state index contributed by atoms with van der Waals surface area (Å²) in [5, 5.41) is 4.53. The summed E-state index contributed by atoms with van der Waals surface area (Å²) in [6.45, 7) is 4.26. The summed E-state index contributed by atoms with van der Waals surface area (Å²) in [4.78, 5) is 12.7. The molecule has 3 aromatic rings. The summed E-state index contributed by atoms with van der Waals surface area (Å²) in [5.74, 6) is -0.195. The summed E-state index contributed by atoms with van der Waals surface area (Å²) in [7, 11) is -3.12. The SMILES string of the molecule is CC(C)c1cn(Cc2ccc([S@](C)(=N)=O)c(F)c2)c2cc(C3CC3)nn2c1=O. The average Bonchev–Trinajstić information content (AvgIpc) is 3.34. The molecule has 28 heavy (non-hydrogen) atoms. The fraction of sp³-hybridized carbons (Fsp3) is 0.400. The molecule has 0 unspecified atom stereocenters. The molecule has 0 saturated heterocycles. The van der Waals surface area contributed by atoms with Gasteiger partial charge in [-0.15, -0.1) is 0 Å². The van der Waals surface area contributed by atoms with Crippen molar-refractivity contribution in [3.63, 3.8) is 0 Å². The van der Waals surface area contributed by atoms with Gasteiger partial charge in [0, 0.05) is 36.5 Å². The van der Waals surface area contributed by atoms with Crippen LogP contribution in [0.5, 0.6) is 0 Å². The Morgan fingerprint density at radius 3 is 2.61 bits per heavy atom. The first-order valence-electron chi connectivity index (χ1n) is 9.30. The van der Waals surface area contributed by atoms with E-state index >= 15 is 0 Å². The monoisotopic (exact) mass is 402 g/mol. The zero-order chi connectivity index (χ0) is 20.2. The lowest BCUT2D eigenvalue weighted by Gasteiger charge is -2.14. The Morgan fingerprint density at radius 2 is 2.04 bits per heavy atom. The first kappa shape index (κ1) is 18.9. The van der Waals surface area contributed by atoms with E-state index in [-0.39, 0.29) is 16.4 Å². The first-order valence-corrected chi connectivity index (χ1v) is 11.3. The Balaban J connectivity index is 1.83. The van der Waals surface area contributed by atoms with E-state index in [0.29, 0.717) is 29.2 Å². The molecule has 1 aliphatic carbocycles. The van der Waals surface area contributed by atoms with Crippen molar-refractivity contribution in [2.45, 2.75) is 50.0 Å². The van der Waals surface area contributed by atoms with Crippen molar-refractivity contribution in [2.24, 2.45) is 0 Å². The number of benzene rings is 1. The van der Waals surface area contributed by atoms with Crippen molar-refractivity contribution < 1.29 is 8.60 Å². The highest BCUT2D eigenvalue weighted by Crippen LogP contribution is 2.39. The van der Waals surface area contributed by atoms with E-state index in [0.717, 1.165) is 18.5 Å². The fourth-order valence-electron chi connectivity index (χ4n) is 3.41. The Morgan fingerprint density at radius 1 is 1.32 bits per heavy atom.